The number of aromatic nitrogens is 2. The van der Waals surface area contributed by atoms with Gasteiger partial charge in [-0.3, -0.25) is 9.59 Å². The van der Waals surface area contributed by atoms with Crippen molar-refractivity contribution in [1.29, 1.82) is 5.26 Å². The Bertz CT molecular complexity index is 1420. The highest BCUT2D eigenvalue weighted by molar-refractivity contribution is 6.04. The van der Waals surface area contributed by atoms with Gasteiger partial charge in [0.25, 0.3) is 11.5 Å². The largest absolute Gasteiger partial charge is 0.456 e. The normalized spacial score (nSPS) is 10.3. The third-order valence-corrected chi connectivity index (χ3v) is 4.72. The standard InChI is InChI=1S/C25H17FN4O3/c1-15-13-23(31)30-24(28-15)16-5-9-18(10-6-16)29-25(32)17-7-11-19(12-8-17)33-22-4-2-3-21(26)20(22)14-27/h2-13H,1H3,(H,29,32)(H,28,30,31). The van der Waals surface area contributed by atoms with E-state index in [0.717, 1.165) is 0 Å². The Labute approximate surface area is 188 Å². The molecule has 0 spiro atoms. The zero-order valence-electron chi connectivity index (χ0n) is 17.4. The van der Waals surface area contributed by atoms with E-state index in [2.05, 4.69) is 15.3 Å². The van der Waals surface area contributed by atoms with Gasteiger partial charge in [0.15, 0.2) is 0 Å². The lowest BCUT2D eigenvalue weighted by Crippen LogP contribution is -2.12. The van der Waals surface area contributed by atoms with Gasteiger partial charge in [0.1, 0.15) is 34.8 Å². The molecule has 0 aliphatic carbocycles. The molecule has 0 radical (unpaired) electrons. The van der Waals surface area contributed by atoms with Gasteiger partial charge in [0.05, 0.1) is 0 Å². The van der Waals surface area contributed by atoms with Crippen LogP contribution in [0, 0.1) is 24.1 Å². The predicted molar refractivity (Wildman–Crippen MR) is 121 cm³/mol. The quantitative estimate of drug-likeness (QED) is 0.463. The zero-order valence-corrected chi connectivity index (χ0v) is 17.4. The minimum atomic E-state index is -0.665. The molecule has 1 heterocycles. The Morgan fingerprint density at radius 1 is 1.09 bits per heavy atom. The molecule has 0 aliphatic rings. The molecular formula is C25H17FN4O3. The summed E-state index contributed by atoms with van der Waals surface area (Å²) in [5.74, 6) is -0.0929. The summed E-state index contributed by atoms with van der Waals surface area (Å²) in [7, 11) is 0. The van der Waals surface area contributed by atoms with Crippen LogP contribution in [0.2, 0.25) is 0 Å². The number of carbonyl (C=O) groups excluding carboxylic acids is 1. The molecule has 1 amide bonds. The highest BCUT2D eigenvalue weighted by Crippen LogP contribution is 2.27. The number of hydrogen-bond acceptors (Lipinski definition) is 5. The van der Waals surface area contributed by atoms with E-state index >= 15 is 0 Å². The van der Waals surface area contributed by atoms with Crippen LogP contribution < -0.4 is 15.6 Å². The number of anilines is 1. The van der Waals surface area contributed by atoms with E-state index in [1.165, 1.54) is 24.3 Å². The maximum absolute atomic E-state index is 13.7. The van der Waals surface area contributed by atoms with Gasteiger partial charge in [-0.05, 0) is 67.6 Å². The molecule has 0 bridgehead atoms. The smallest absolute Gasteiger partial charge is 0.255 e. The summed E-state index contributed by atoms with van der Waals surface area (Å²) in [5.41, 5.74) is 1.86. The Kier molecular flexibility index (Phi) is 5.96. The predicted octanol–water partition coefficient (Wildman–Crippen LogP) is 4.80. The van der Waals surface area contributed by atoms with Gasteiger partial charge >= 0.3 is 0 Å². The van der Waals surface area contributed by atoms with E-state index in [1.54, 1.807) is 61.5 Å². The van der Waals surface area contributed by atoms with Crippen LogP contribution in [0.1, 0.15) is 21.6 Å². The summed E-state index contributed by atoms with van der Waals surface area (Å²) in [6.07, 6.45) is 0. The number of halogens is 1. The lowest BCUT2D eigenvalue weighted by molar-refractivity contribution is 0.102. The van der Waals surface area contributed by atoms with Gasteiger partial charge in [0.2, 0.25) is 0 Å². The van der Waals surface area contributed by atoms with Crippen molar-refractivity contribution in [3.05, 3.63) is 106 Å². The fraction of sp³-hybridized carbons (Fsp3) is 0.0400. The Hall–Kier alpha value is -4.77. The molecule has 0 saturated carbocycles. The molecule has 7 nitrogen and oxygen atoms in total. The van der Waals surface area contributed by atoms with Crippen molar-refractivity contribution in [3.8, 4) is 29.0 Å². The van der Waals surface area contributed by atoms with E-state index < -0.39 is 5.82 Å². The first kappa shape index (κ1) is 21.5. The van der Waals surface area contributed by atoms with Crippen molar-refractivity contribution in [3.63, 3.8) is 0 Å². The van der Waals surface area contributed by atoms with Gasteiger partial charge in [-0.2, -0.15) is 5.26 Å². The molecule has 3 aromatic carbocycles. The summed E-state index contributed by atoms with van der Waals surface area (Å²) >= 11 is 0. The highest BCUT2D eigenvalue weighted by atomic mass is 19.1. The number of nitrogens with zero attached hydrogens (tertiary/aromatic N) is 2. The minimum Gasteiger partial charge on any atom is -0.456 e. The average molecular weight is 440 g/mol. The first-order valence-electron chi connectivity index (χ1n) is 9.89. The van der Waals surface area contributed by atoms with Crippen LogP contribution in [0.5, 0.6) is 11.5 Å². The van der Waals surface area contributed by atoms with E-state index in [4.69, 9.17) is 10.00 Å². The zero-order chi connectivity index (χ0) is 23.4. The van der Waals surface area contributed by atoms with Gasteiger partial charge in [-0.1, -0.05) is 6.07 Å². The van der Waals surface area contributed by atoms with Gasteiger partial charge in [-0.25, -0.2) is 9.37 Å². The SMILES string of the molecule is Cc1cc(=O)[nH]c(-c2ccc(NC(=O)c3ccc(Oc4cccc(F)c4C#N)cc3)cc2)n1. The molecule has 0 unspecified atom stereocenters. The Balaban J connectivity index is 1.44. The Morgan fingerprint density at radius 2 is 1.82 bits per heavy atom. The molecular weight excluding hydrogens is 423 g/mol. The number of rotatable bonds is 5. The lowest BCUT2D eigenvalue weighted by Gasteiger charge is -2.09. The number of ether oxygens (including phenoxy) is 1. The van der Waals surface area contributed by atoms with Crippen molar-refractivity contribution in [2.75, 3.05) is 5.32 Å². The Morgan fingerprint density at radius 3 is 2.48 bits per heavy atom. The number of aryl methyl sites for hydroxylation is 1. The van der Waals surface area contributed by atoms with Crippen LogP contribution in [-0.2, 0) is 0 Å². The van der Waals surface area contributed by atoms with Gasteiger partial charge in [-0.15, -0.1) is 0 Å². The minimum absolute atomic E-state index is 0.0965. The van der Waals surface area contributed by atoms with Gasteiger partial charge < -0.3 is 15.0 Å². The average Bonchev–Trinajstić information content (AvgIpc) is 2.79. The number of benzene rings is 3. The number of aromatic amines is 1. The molecule has 2 N–H and O–H groups in total. The van der Waals surface area contributed by atoms with Crippen LogP contribution in [-0.4, -0.2) is 15.9 Å². The summed E-state index contributed by atoms with van der Waals surface area (Å²) in [6, 6.07) is 20.5. The molecule has 4 rings (SSSR count). The van der Waals surface area contributed by atoms with E-state index in [1.807, 2.05) is 0 Å². The van der Waals surface area contributed by atoms with Crippen molar-refractivity contribution in [2.45, 2.75) is 6.92 Å². The molecule has 8 heteroatoms. The molecule has 0 saturated heterocycles. The number of H-pyrrole nitrogens is 1. The summed E-state index contributed by atoms with van der Waals surface area (Å²) in [5, 5.41) is 11.9. The molecule has 0 fully saturated rings. The molecule has 0 aliphatic heterocycles. The second-order valence-corrected chi connectivity index (χ2v) is 7.12. The van der Waals surface area contributed by atoms with Crippen LogP contribution in [0.4, 0.5) is 10.1 Å². The lowest BCUT2D eigenvalue weighted by atomic mass is 10.1. The molecule has 33 heavy (non-hydrogen) atoms. The molecule has 1 aromatic heterocycles. The second-order valence-electron chi connectivity index (χ2n) is 7.12. The van der Waals surface area contributed by atoms with Crippen LogP contribution >= 0.6 is 0 Å². The number of amides is 1. The number of hydrogen-bond donors (Lipinski definition) is 2. The van der Waals surface area contributed by atoms with E-state index in [0.29, 0.717) is 34.1 Å². The third-order valence-electron chi connectivity index (χ3n) is 4.72. The van der Waals surface area contributed by atoms with Crippen molar-refractivity contribution >= 4 is 11.6 Å². The number of nitriles is 1. The van der Waals surface area contributed by atoms with Crippen LogP contribution in [0.3, 0.4) is 0 Å². The van der Waals surface area contributed by atoms with Crippen molar-refractivity contribution in [2.24, 2.45) is 0 Å². The second kappa shape index (κ2) is 9.16. The van der Waals surface area contributed by atoms with Crippen molar-refractivity contribution < 1.29 is 13.9 Å². The summed E-state index contributed by atoms with van der Waals surface area (Å²) < 4.78 is 19.3. The molecule has 162 valence electrons. The monoisotopic (exact) mass is 440 g/mol. The topological polar surface area (TPSA) is 108 Å². The number of carbonyl (C=O) groups is 1. The number of nitrogens with one attached hydrogen (secondary N) is 2. The fourth-order valence-electron chi connectivity index (χ4n) is 3.13. The fourth-order valence-corrected chi connectivity index (χ4v) is 3.13. The maximum atomic E-state index is 13.7. The molecule has 0 atom stereocenters. The van der Waals surface area contributed by atoms with E-state index in [9.17, 15) is 14.0 Å². The molecule has 4 aromatic rings. The summed E-state index contributed by atoms with van der Waals surface area (Å²) in [4.78, 5) is 31.2. The first-order valence-corrected chi connectivity index (χ1v) is 9.89. The van der Waals surface area contributed by atoms with Gasteiger partial charge in [0, 0.05) is 28.6 Å². The first-order chi connectivity index (χ1) is 15.9. The summed E-state index contributed by atoms with van der Waals surface area (Å²) in [6.45, 7) is 1.74. The van der Waals surface area contributed by atoms with Crippen LogP contribution in [0.25, 0.3) is 11.4 Å². The van der Waals surface area contributed by atoms with Crippen molar-refractivity contribution in [1.82, 2.24) is 9.97 Å². The van der Waals surface area contributed by atoms with E-state index in [-0.39, 0.29) is 22.8 Å². The maximum Gasteiger partial charge on any atom is 0.255 e. The van der Waals surface area contributed by atoms with Crippen LogP contribution in [0.15, 0.2) is 77.6 Å². The highest BCUT2D eigenvalue weighted by Gasteiger charge is 2.11. The third kappa shape index (κ3) is 4.94.